The van der Waals surface area contributed by atoms with E-state index in [0.29, 0.717) is 51.9 Å². The molecule has 2 aliphatic rings. The van der Waals surface area contributed by atoms with E-state index in [1.807, 2.05) is 6.07 Å². The minimum absolute atomic E-state index is 0.00265. The van der Waals surface area contributed by atoms with Crippen molar-refractivity contribution in [2.24, 2.45) is 0 Å². The Hall–Kier alpha value is -12.5. The summed E-state index contributed by atoms with van der Waals surface area (Å²) in [5.74, 6) is -2.71. The number of rotatable bonds is 18. The number of aromatic nitrogens is 6. The predicted molar refractivity (Wildman–Crippen MR) is 339 cm³/mol. The highest BCUT2D eigenvalue weighted by molar-refractivity contribution is 6.05. The van der Waals surface area contributed by atoms with Crippen LogP contribution in [0.15, 0.2) is 153 Å². The summed E-state index contributed by atoms with van der Waals surface area (Å²) in [5, 5.41) is 23.6. The molecular weight excluding hydrogens is 1260 g/mol. The van der Waals surface area contributed by atoms with E-state index < -0.39 is 75.2 Å². The maximum atomic E-state index is 15.5. The molecule has 96 heavy (non-hydrogen) atoms. The Kier molecular flexibility index (Phi) is 19.1. The Balaban J connectivity index is 0.000000195. The van der Waals surface area contributed by atoms with Gasteiger partial charge >= 0.3 is 11.4 Å². The smallest absolute Gasteiger partial charge is 0.335 e. The normalized spacial score (nSPS) is 12.1. The standard InChI is InChI=1S/C35H29F2N5O7.C33H25F2N5O7/c1-20(2)41-19-24(34(44)42(35(41)45)23-8-5-21(36)6-9-23)33(43)40-22-7-10-27(25(37)17-22)49-28-11-13-39-26-18-29(46-14-4-3-12-38)31-32(30(26)28)48-16-15-47-31;1-18(2)39-17-22(32(42)40(33(39)43)21-6-3-19(34)4-7-21)31(41)38-20-5-8-25(23(35)15-20)47-26-9-11-37-24-16-27(44-12-10-36)29-30(28(24)26)46-14-13-45-29/h5-11,13,17-20H,3-4,14-16H2,1-2H3,(H,40,43);3-9,11,15-18H,12-14H2,1-2H3,(H,38,41). The number of halogens is 4. The van der Waals surface area contributed by atoms with Crippen molar-refractivity contribution in [3.05, 3.63) is 210 Å². The van der Waals surface area contributed by atoms with Crippen molar-refractivity contribution < 1.29 is 65.0 Å². The van der Waals surface area contributed by atoms with Crippen molar-refractivity contribution in [2.45, 2.75) is 52.6 Å². The average Bonchev–Trinajstić information content (AvgIpc) is 0.783. The molecule has 0 atom stereocenters. The lowest BCUT2D eigenvalue weighted by Crippen LogP contribution is -2.42. The third kappa shape index (κ3) is 13.6. The largest absolute Gasteiger partial charge is 0.489 e. The molecule has 0 saturated heterocycles. The Morgan fingerprint density at radius 3 is 1.34 bits per heavy atom. The molecule has 2 aliphatic heterocycles. The number of nitriles is 2. The van der Waals surface area contributed by atoms with Crippen molar-refractivity contribution in [1.82, 2.24) is 28.2 Å². The molecule has 24 nitrogen and oxygen atoms in total. The Bertz CT molecular complexity index is 5040. The number of hydrogen-bond acceptors (Lipinski definition) is 18. The Labute approximate surface area is 540 Å². The van der Waals surface area contributed by atoms with Crippen LogP contribution < -0.4 is 71.0 Å². The van der Waals surface area contributed by atoms with E-state index in [9.17, 15) is 37.5 Å². The van der Waals surface area contributed by atoms with E-state index in [1.165, 1.54) is 76.1 Å². The number of anilines is 2. The SMILES string of the molecule is CC(C)n1cc(C(=O)Nc2ccc(Oc3ccnc4cc(OCC#N)c5c(c34)OCCO5)c(F)c2)c(=O)n(-c2ccc(F)cc2)c1=O.CC(C)n1cc(C(=O)Nc2ccc(Oc3ccnc4cc(OCCCC#N)c5c(c34)OCCO5)c(F)c2)c(=O)n(-c2ccc(F)cc2)c1=O. The second-order valence-corrected chi connectivity index (χ2v) is 21.7. The second kappa shape index (κ2) is 28.2. The van der Waals surface area contributed by atoms with Crippen LogP contribution in [-0.4, -0.2) is 79.7 Å². The van der Waals surface area contributed by atoms with Crippen molar-refractivity contribution in [1.29, 1.82) is 10.5 Å². The molecule has 0 fully saturated rings. The molecule has 0 bridgehead atoms. The molecular formula is C68H54F4N10O14. The van der Waals surface area contributed by atoms with Gasteiger partial charge in [-0.3, -0.25) is 38.3 Å². The monoisotopic (exact) mass is 1310 g/mol. The third-order valence-electron chi connectivity index (χ3n) is 14.7. The van der Waals surface area contributed by atoms with Crippen LogP contribution in [0.2, 0.25) is 0 Å². The number of carbonyl (C=O) groups excluding carboxylic acids is 2. The van der Waals surface area contributed by atoms with Crippen LogP contribution in [0.3, 0.4) is 0 Å². The van der Waals surface area contributed by atoms with Crippen molar-refractivity contribution in [3.8, 4) is 81.0 Å². The molecule has 488 valence electrons. The maximum Gasteiger partial charge on any atom is 0.335 e. The van der Waals surface area contributed by atoms with Crippen LogP contribution in [0.1, 0.15) is 73.3 Å². The fraction of sp³-hybridized carbons (Fsp3) is 0.206. The fourth-order valence-corrected chi connectivity index (χ4v) is 10.2. The van der Waals surface area contributed by atoms with E-state index in [1.54, 1.807) is 45.9 Å². The van der Waals surface area contributed by atoms with Gasteiger partial charge in [-0.2, -0.15) is 10.5 Å². The third-order valence-corrected chi connectivity index (χ3v) is 14.7. The molecule has 0 saturated carbocycles. The molecule has 2 amide bonds. The number of unbranched alkanes of at least 4 members (excludes halogenated alkanes) is 1. The van der Waals surface area contributed by atoms with Gasteiger partial charge in [0.15, 0.2) is 52.7 Å². The van der Waals surface area contributed by atoms with Gasteiger partial charge in [0.2, 0.25) is 11.5 Å². The molecule has 6 heterocycles. The number of amides is 2. The zero-order chi connectivity index (χ0) is 67.9. The molecule has 10 aromatic rings. The maximum absolute atomic E-state index is 15.5. The first-order valence-corrected chi connectivity index (χ1v) is 29.6. The molecule has 6 aromatic carbocycles. The number of carbonyl (C=O) groups is 2. The quantitative estimate of drug-likeness (QED) is 0.0596. The number of fused-ring (bicyclic) bond motifs is 6. The number of hydrogen-bond donors (Lipinski definition) is 2. The van der Waals surface area contributed by atoms with Crippen molar-refractivity contribution in [3.63, 3.8) is 0 Å². The summed E-state index contributed by atoms with van der Waals surface area (Å²) in [6.45, 7) is 7.85. The van der Waals surface area contributed by atoms with E-state index in [4.69, 9.17) is 48.4 Å². The number of benzene rings is 6. The van der Waals surface area contributed by atoms with Crippen LogP contribution in [0.5, 0.6) is 57.5 Å². The molecule has 0 spiro atoms. The number of pyridine rings is 2. The van der Waals surface area contributed by atoms with Gasteiger partial charge in [0.25, 0.3) is 22.9 Å². The lowest BCUT2D eigenvalue weighted by molar-refractivity contribution is 0.101. The first-order chi connectivity index (χ1) is 46.3. The minimum Gasteiger partial charge on any atom is -0.489 e. The molecule has 12 rings (SSSR count). The number of nitrogens with one attached hydrogen (secondary N) is 2. The lowest BCUT2D eigenvalue weighted by Gasteiger charge is -2.23. The van der Waals surface area contributed by atoms with Crippen LogP contribution in [0.25, 0.3) is 33.2 Å². The van der Waals surface area contributed by atoms with Gasteiger partial charge in [0.1, 0.15) is 66.8 Å². The highest BCUT2D eigenvalue weighted by Crippen LogP contribution is 2.50. The van der Waals surface area contributed by atoms with Gasteiger partial charge in [-0.15, -0.1) is 0 Å². The van der Waals surface area contributed by atoms with Crippen LogP contribution in [0, 0.1) is 45.9 Å². The van der Waals surface area contributed by atoms with E-state index in [-0.39, 0.29) is 108 Å². The summed E-state index contributed by atoms with van der Waals surface area (Å²) < 4.78 is 109. The average molecular weight is 1310 g/mol. The molecule has 0 radical (unpaired) electrons. The van der Waals surface area contributed by atoms with Crippen LogP contribution >= 0.6 is 0 Å². The van der Waals surface area contributed by atoms with Gasteiger partial charge in [-0.05, 0) is 119 Å². The number of nitrogens with zero attached hydrogens (tertiary/aromatic N) is 8. The molecule has 28 heteroatoms. The Morgan fingerprint density at radius 1 is 0.531 bits per heavy atom. The van der Waals surface area contributed by atoms with Crippen LogP contribution in [0.4, 0.5) is 28.9 Å². The van der Waals surface area contributed by atoms with Gasteiger partial charge in [-0.1, -0.05) is 0 Å². The number of ether oxygens (including phenoxy) is 8. The first-order valence-electron chi connectivity index (χ1n) is 29.6. The summed E-state index contributed by atoms with van der Waals surface area (Å²) in [5.41, 5.74) is -3.07. The summed E-state index contributed by atoms with van der Waals surface area (Å²) in [7, 11) is 0. The first kappa shape index (κ1) is 65.0. The molecule has 4 aromatic heterocycles. The van der Waals surface area contributed by atoms with Crippen LogP contribution in [-0.2, 0) is 0 Å². The molecule has 0 aliphatic carbocycles. The second-order valence-electron chi connectivity index (χ2n) is 21.7. The van der Waals surface area contributed by atoms with Gasteiger partial charge in [-0.25, -0.2) is 36.3 Å². The Morgan fingerprint density at radius 2 is 0.948 bits per heavy atom. The van der Waals surface area contributed by atoms with Crippen molar-refractivity contribution >= 4 is 45.0 Å². The molecule has 0 unspecified atom stereocenters. The molecule has 2 N–H and O–H groups in total. The summed E-state index contributed by atoms with van der Waals surface area (Å²) in [4.78, 5) is 88.3. The van der Waals surface area contributed by atoms with E-state index >= 15 is 8.78 Å². The zero-order valence-electron chi connectivity index (χ0n) is 51.3. The highest BCUT2D eigenvalue weighted by Gasteiger charge is 2.29. The zero-order valence-corrected chi connectivity index (χ0v) is 51.3. The highest BCUT2D eigenvalue weighted by atomic mass is 19.1. The fourth-order valence-electron chi connectivity index (χ4n) is 10.2. The van der Waals surface area contributed by atoms with Gasteiger partial charge in [0.05, 0.1) is 45.9 Å². The van der Waals surface area contributed by atoms with Crippen molar-refractivity contribution in [2.75, 3.05) is 50.3 Å². The van der Waals surface area contributed by atoms with E-state index in [0.717, 1.165) is 57.9 Å². The summed E-state index contributed by atoms with van der Waals surface area (Å²) >= 11 is 0. The topological polar surface area (TPSA) is 293 Å². The van der Waals surface area contributed by atoms with Gasteiger partial charge in [0, 0.05) is 78.9 Å². The minimum atomic E-state index is -0.934. The van der Waals surface area contributed by atoms with E-state index in [2.05, 4.69) is 26.7 Å². The lowest BCUT2D eigenvalue weighted by atomic mass is 10.1. The summed E-state index contributed by atoms with van der Waals surface area (Å²) in [6.07, 6.45) is 6.06. The van der Waals surface area contributed by atoms with Gasteiger partial charge < -0.3 is 48.5 Å². The predicted octanol–water partition coefficient (Wildman–Crippen LogP) is 11.0. The summed E-state index contributed by atoms with van der Waals surface area (Å²) in [6, 6.07) is 26.2.